The summed E-state index contributed by atoms with van der Waals surface area (Å²) in [6.07, 6.45) is 4.81. The van der Waals surface area contributed by atoms with E-state index in [1.807, 2.05) is 18.2 Å². The number of ether oxygens (including phenoxy) is 3. The first kappa shape index (κ1) is 36.3. The summed E-state index contributed by atoms with van der Waals surface area (Å²) in [5.41, 5.74) is -0.768. The molecule has 4 rings (SSSR count). The SMILES string of the molecule is CC(C)C1CC(Oc2cc(OC3CC(C(C)C)N(O)C(C)(C)C3)cc(OC3CC(C(C)C)N(O)C(C)(C)C3)c2)CC(C)(C)N1C. The molecule has 3 aliphatic heterocycles. The van der Waals surface area contributed by atoms with Crippen LogP contribution in [-0.2, 0) is 0 Å². The molecule has 258 valence electrons. The van der Waals surface area contributed by atoms with E-state index < -0.39 is 11.1 Å². The number of hydrogen-bond donors (Lipinski definition) is 2. The van der Waals surface area contributed by atoms with E-state index in [1.54, 1.807) is 10.1 Å². The van der Waals surface area contributed by atoms with E-state index in [2.05, 4.69) is 95.0 Å². The van der Waals surface area contributed by atoms with Crippen molar-refractivity contribution >= 4 is 0 Å². The van der Waals surface area contributed by atoms with E-state index in [-0.39, 0.29) is 35.9 Å². The van der Waals surface area contributed by atoms with E-state index in [0.29, 0.717) is 36.6 Å². The van der Waals surface area contributed by atoms with Crippen molar-refractivity contribution in [3.63, 3.8) is 0 Å². The van der Waals surface area contributed by atoms with Gasteiger partial charge in [-0.15, -0.1) is 0 Å². The zero-order valence-electron chi connectivity index (χ0n) is 30.6. The smallest absolute Gasteiger partial charge is 0.127 e. The van der Waals surface area contributed by atoms with Crippen molar-refractivity contribution in [1.82, 2.24) is 15.0 Å². The van der Waals surface area contributed by atoms with Crippen molar-refractivity contribution < 1.29 is 24.6 Å². The molecule has 3 heterocycles. The van der Waals surface area contributed by atoms with Crippen LogP contribution in [0.25, 0.3) is 0 Å². The number of hydrogen-bond acceptors (Lipinski definition) is 8. The summed E-state index contributed by atoms with van der Waals surface area (Å²) in [4.78, 5) is 2.52. The molecule has 0 bridgehead atoms. The number of nitrogens with zero attached hydrogens (tertiary/aromatic N) is 3. The standard InChI is InChI=1S/C37H65N3O5/c1-23(2)32-17-29(20-35(7,8)38(32)13)43-26-14-27(44-30-18-33(24(3)4)39(41)36(9,10)21-30)16-28(15-26)45-31-19-34(25(5)6)40(42)37(11,12)22-31/h14-16,23-25,29-34,41-42H,17-22H2,1-13H3. The second-order valence-electron chi connectivity index (χ2n) is 17.4. The number of rotatable bonds is 9. The lowest BCUT2D eigenvalue weighted by molar-refractivity contribution is -0.233. The molecule has 6 unspecified atom stereocenters. The van der Waals surface area contributed by atoms with Crippen molar-refractivity contribution in [1.29, 1.82) is 0 Å². The Labute approximate surface area is 274 Å². The van der Waals surface area contributed by atoms with Crippen LogP contribution in [0.2, 0.25) is 0 Å². The van der Waals surface area contributed by atoms with E-state index in [4.69, 9.17) is 14.2 Å². The molecular weight excluding hydrogens is 566 g/mol. The van der Waals surface area contributed by atoms with Gasteiger partial charge in [0.25, 0.3) is 0 Å². The highest BCUT2D eigenvalue weighted by atomic mass is 16.5. The van der Waals surface area contributed by atoms with Crippen LogP contribution >= 0.6 is 0 Å². The Balaban J connectivity index is 1.63. The second-order valence-corrected chi connectivity index (χ2v) is 17.4. The molecule has 3 saturated heterocycles. The lowest BCUT2D eigenvalue weighted by atomic mass is 9.81. The zero-order valence-corrected chi connectivity index (χ0v) is 30.6. The van der Waals surface area contributed by atoms with Crippen LogP contribution in [-0.4, -0.2) is 85.5 Å². The molecule has 0 radical (unpaired) electrons. The number of benzene rings is 1. The van der Waals surface area contributed by atoms with Gasteiger partial charge in [-0.25, -0.2) is 0 Å². The van der Waals surface area contributed by atoms with Gasteiger partial charge in [0.15, 0.2) is 0 Å². The Bertz CT molecular complexity index is 985. The fourth-order valence-corrected chi connectivity index (χ4v) is 8.19. The van der Waals surface area contributed by atoms with Gasteiger partial charge in [0.1, 0.15) is 35.6 Å². The predicted octanol–water partition coefficient (Wildman–Crippen LogP) is 8.03. The molecule has 3 aliphatic rings. The van der Waals surface area contributed by atoms with Gasteiger partial charge >= 0.3 is 0 Å². The minimum Gasteiger partial charge on any atom is -0.490 e. The molecule has 0 aromatic heterocycles. The Kier molecular flexibility index (Phi) is 10.9. The molecule has 0 saturated carbocycles. The maximum Gasteiger partial charge on any atom is 0.127 e. The van der Waals surface area contributed by atoms with Gasteiger partial charge in [0.2, 0.25) is 0 Å². The largest absolute Gasteiger partial charge is 0.490 e. The maximum absolute atomic E-state index is 11.0. The van der Waals surface area contributed by atoms with Crippen molar-refractivity contribution in [3.05, 3.63) is 18.2 Å². The minimum absolute atomic E-state index is 0.0159. The summed E-state index contributed by atoms with van der Waals surface area (Å²) >= 11 is 0. The van der Waals surface area contributed by atoms with E-state index >= 15 is 0 Å². The van der Waals surface area contributed by atoms with Crippen LogP contribution in [0.5, 0.6) is 17.2 Å². The van der Waals surface area contributed by atoms with E-state index in [9.17, 15) is 10.4 Å². The first-order chi connectivity index (χ1) is 20.7. The van der Waals surface area contributed by atoms with Crippen LogP contribution in [0, 0.1) is 17.8 Å². The quantitative estimate of drug-likeness (QED) is 0.284. The summed E-state index contributed by atoms with van der Waals surface area (Å²) in [5, 5.41) is 25.0. The average molecular weight is 632 g/mol. The topological polar surface area (TPSA) is 77.9 Å². The Morgan fingerprint density at radius 2 is 0.844 bits per heavy atom. The Hall–Kier alpha value is -1.58. The van der Waals surface area contributed by atoms with Crippen molar-refractivity contribution in [2.24, 2.45) is 17.8 Å². The number of likely N-dealkylation sites (tertiary alicyclic amines) is 1. The van der Waals surface area contributed by atoms with Gasteiger partial charge in [-0.3, -0.25) is 4.90 Å². The molecular formula is C37H65N3O5. The van der Waals surface area contributed by atoms with Crippen LogP contribution < -0.4 is 14.2 Å². The summed E-state index contributed by atoms with van der Waals surface area (Å²) < 4.78 is 20.4. The van der Waals surface area contributed by atoms with Crippen molar-refractivity contribution in [3.8, 4) is 17.2 Å². The van der Waals surface area contributed by atoms with Gasteiger partial charge in [0, 0.05) is 91.5 Å². The van der Waals surface area contributed by atoms with Gasteiger partial charge in [0.05, 0.1) is 0 Å². The van der Waals surface area contributed by atoms with Crippen LogP contribution in [0.1, 0.15) is 122 Å². The molecule has 3 fully saturated rings. The molecule has 1 aromatic carbocycles. The molecule has 6 atom stereocenters. The number of piperidine rings is 3. The fraction of sp³-hybridized carbons (Fsp3) is 0.838. The monoisotopic (exact) mass is 631 g/mol. The van der Waals surface area contributed by atoms with Crippen molar-refractivity contribution in [2.45, 2.75) is 175 Å². The summed E-state index contributed by atoms with van der Waals surface area (Å²) in [7, 11) is 2.24. The molecule has 45 heavy (non-hydrogen) atoms. The third-order valence-corrected chi connectivity index (χ3v) is 11.1. The Morgan fingerprint density at radius 3 is 1.16 bits per heavy atom. The molecule has 8 heteroatoms. The molecule has 8 nitrogen and oxygen atoms in total. The van der Waals surface area contributed by atoms with E-state index in [1.165, 1.54) is 0 Å². The highest BCUT2D eigenvalue weighted by Crippen LogP contribution is 2.41. The summed E-state index contributed by atoms with van der Waals surface area (Å²) in [6.45, 7) is 26.2. The van der Waals surface area contributed by atoms with Gasteiger partial charge in [-0.05, 0) is 66.3 Å². The maximum atomic E-state index is 11.0. The number of hydroxylamine groups is 4. The first-order valence-electron chi connectivity index (χ1n) is 17.5. The highest BCUT2D eigenvalue weighted by molar-refractivity contribution is 5.42. The first-order valence-corrected chi connectivity index (χ1v) is 17.5. The molecule has 0 spiro atoms. The molecule has 0 amide bonds. The average Bonchev–Trinajstić information content (AvgIpc) is 2.89. The van der Waals surface area contributed by atoms with E-state index in [0.717, 1.165) is 42.9 Å². The Morgan fingerprint density at radius 1 is 0.556 bits per heavy atom. The lowest BCUT2D eigenvalue weighted by Gasteiger charge is -2.50. The predicted molar refractivity (Wildman–Crippen MR) is 181 cm³/mol. The molecule has 2 N–H and O–H groups in total. The molecule has 1 aromatic rings. The van der Waals surface area contributed by atoms with Gasteiger partial charge < -0.3 is 24.6 Å². The highest BCUT2D eigenvalue weighted by Gasteiger charge is 2.45. The van der Waals surface area contributed by atoms with Gasteiger partial charge in [-0.1, -0.05) is 41.5 Å². The summed E-state index contributed by atoms with van der Waals surface area (Å²) in [5.74, 6) is 3.37. The second kappa shape index (κ2) is 13.5. The third kappa shape index (κ3) is 8.29. The normalized spacial score (nSPS) is 32.7. The van der Waals surface area contributed by atoms with Gasteiger partial charge in [-0.2, -0.15) is 10.1 Å². The molecule has 0 aliphatic carbocycles. The lowest BCUT2D eigenvalue weighted by Crippen LogP contribution is -2.57. The summed E-state index contributed by atoms with van der Waals surface area (Å²) in [6, 6.07) is 6.54. The van der Waals surface area contributed by atoms with Crippen LogP contribution in [0.3, 0.4) is 0 Å². The minimum atomic E-state index is -0.396. The van der Waals surface area contributed by atoms with Crippen LogP contribution in [0.15, 0.2) is 18.2 Å². The van der Waals surface area contributed by atoms with Crippen LogP contribution in [0.4, 0.5) is 0 Å². The third-order valence-electron chi connectivity index (χ3n) is 11.1. The van der Waals surface area contributed by atoms with Crippen molar-refractivity contribution in [2.75, 3.05) is 7.05 Å². The fourth-order valence-electron chi connectivity index (χ4n) is 8.19. The zero-order chi connectivity index (χ0) is 33.6.